The van der Waals surface area contributed by atoms with E-state index in [0.29, 0.717) is 19.4 Å². The molecule has 0 aromatic carbocycles. The fraction of sp³-hybridized carbons (Fsp3) is 0.770. The van der Waals surface area contributed by atoms with Crippen molar-refractivity contribution in [1.29, 1.82) is 0 Å². The third-order valence-corrected chi connectivity index (χ3v) is 12.2. The summed E-state index contributed by atoms with van der Waals surface area (Å²) >= 11 is 0. The molecular formula is C61H108O5. The van der Waals surface area contributed by atoms with Gasteiger partial charge in [0.15, 0.2) is 6.10 Å². The second-order valence-corrected chi connectivity index (χ2v) is 18.8. The van der Waals surface area contributed by atoms with E-state index in [4.69, 9.17) is 14.2 Å². The molecule has 0 saturated carbocycles. The first-order valence-electron chi connectivity index (χ1n) is 28.5. The van der Waals surface area contributed by atoms with Crippen molar-refractivity contribution in [3.8, 4) is 0 Å². The van der Waals surface area contributed by atoms with E-state index in [-0.39, 0.29) is 25.2 Å². The lowest BCUT2D eigenvalue weighted by Crippen LogP contribution is -2.30. The summed E-state index contributed by atoms with van der Waals surface area (Å²) in [6, 6.07) is 0. The van der Waals surface area contributed by atoms with Gasteiger partial charge in [-0.25, -0.2) is 0 Å². The molecule has 0 fully saturated rings. The monoisotopic (exact) mass is 921 g/mol. The van der Waals surface area contributed by atoms with E-state index in [0.717, 1.165) is 83.5 Å². The summed E-state index contributed by atoms with van der Waals surface area (Å²) in [6.07, 6.45) is 73.5. The van der Waals surface area contributed by atoms with Gasteiger partial charge in [0.1, 0.15) is 6.61 Å². The van der Waals surface area contributed by atoms with Gasteiger partial charge in [-0.15, -0.1) is 0 Å². The van der Waals surface area contributed by atoms with Crippen LogP contribution in [0.3, 0.4) is 0 Å². The van der Waals surface area contributed by atoms with Crippen molar-refractivity contribution in [2.24, 2.45) is 0 Å². The Balaban J connectivity index is 4.30. The summed E-state index contributed by atoms with van der Waals surface area (Å²) in [5.74, 6) is -0.420. The lowest BCUT2D eigenvalue weighted by molar-refractivity contribution is -0.163. The van der Waals surface area contributed by atoms with Gasteiger partial charge in [-0.1, -0.05) is 229 Å². The Labute approximate surface area is 410 Å². The second kappa shape index (κ2) is 56.7. The molecule has 0 aromatic heterocycles. The van der Waals surface area contributed by atoms with Crippen LogP contribution in [-0.4, -0.2) is 37.9 Å². The van der Waals surface area contributed by atoms with Gasteiger partial charge >= 0.3 is 11.9 Å². The zero-order valence-electron chi connectivity index (χ0n) is 44.0. The van der Waals surface area contributed by atoms with Crippen molar-refractivity contribution in [2.75, 3.05) is 19.8 Å². The minimum atomic E-state index is -0.553. The van der Waals surface area contributed by atoms with Crippen LogP contribution in [0.1, 0.15) is 278 Å². The molecule has 0 N–H and O–H groups in total. The van der Waals surface area contributed by atoms with Gasteiger partial charge < -0.3 is 14.2 Å². The van der Waals surface area contributed by atoms with Crippen molar-refractivity contribution in [1.82, 2.24) is 0 Å². The maximum atomic E-state index is 12.8. The van der Waals surface area contributed by atoms with Crippen LogP contribution in [0.5, 0.6) is 0 Å². The summed E-state index contributed by atoms with van der Waals surface area (Å²) in [7, 11) is 0. The smallest absolute Gasteiger partial charge is 0.306 e. The average molecular weight is 922 g/mol. The van der Waals surface area contributed by atoms with E-state index >= 15 is 0 Å². The predicted molar refractivity (Wildman–Crippen MR) is 288 cm³/mol. The van der Waals surface area contributed by atoms with E-state index in [1.54, 1.807) is 0 Å². The number of hydrogen-bond acceptors (Lipinski definition) is 5. The normalized spacial score (nSPS) is 12.7. The number of ether oxygens (including phenoxy) is 3. The third kappa shape index (κ3) is 54.0. The number of esters is 2. The molecular weight excluding hydrogens is 813 g/mol. The summed E-state index contributed by atoms with van der Waals surface area (Å²) in [4.78, 5) is 25.5. The predicted octanol–water partition coefficient (Wildman–Crippen LogP) is 19.5. The van der Waals surface area contributed by atoms with Crippen molar-refractivity contribution >= 4 is 11.9 Å². The topological polar surface area (TPSA) is 61.8 Å². The maximum absolute atomic E-state index is 12.8. The summed E-state index contributed by atoms with van der Waals surface area (Å²) in [5, 5.41) is 0. The Bertz CT molecular complexity index is 1180. The molecule has 0 aliphatic rings. The Morgan fingerprint density at radius 3 is 1.14 bits per heavy atom. The van der Waals surface area contributed by atoms with E-state index in [9.17, 15) is 9.59 Å². The highest BCUT2D eigenvalue weighted by molar-refractivity contribution is 5.70. The Morgan fingerprint density at radius 2 is 0.682 bits per heavy atom. The van der Waals surface area contributed by atoms with Crippen molar-refractivity contribution in [3.63, 3.8) is 0 Å². The SMILES string of the molecule is CC/C=C\C/C=C\C/C=C\CCCCCCCC(=O)OC(COCCCCCCCCCC/C=C\CCCCCCCC)COC(=O)CCCCCCCCC/C=C\C/C=C\CCCCC. The molecule has 0 aliphatic carbocycles. The van der Waals surface area contributed by atoms with Crippen LogP contribution in [0.15, 0.2) is 72.9 Å². The molecule has 1 unspecified atom stereocenters. The minimum Gasteiger partial charge on any atom is -0.462 e. The van der Waals surface area contributed by atoms with Crippen molar-refractivity contribution < 1.29 is 23.8 Å². The van der Waals surface area contributed by atoms with Gasteiger partial charge in [-0.05, 0) is 109 Å². The number of hydrogen-bond donors (Lipinski definition) is 0. The van der Waals surface area contributed by atoms with Crippen LogP contribution in [0.4, 0.5) is 0 Å². The molecule has 5 heteroatoms. The standard InChI is InChI=1S/C61H108O5/c1-4-7-10-13-16-19-22-25-28-30-32-35-38-41-44-47-50-53-56-64-57-59(66-61(63)55-52-49-46-43-40-37-33-27-24-21-18-15-12-9-6-3)58-65-60(62)54-51-48-45-42-39-36-34-31-29-26-23-20-17-14-11-8-5-2/h9,12,17-18,20-21,25-29,33,59H,4-8,10-11,13-16,19,22-24,30-32,34-58H2,1-3H3/b12-9-,20-17-,21-18-,28-25-,29-26-,33-27-. The van der Waals surface area contributed by atoms with E-state index in [1.807, 2.05) is 0 Å². The molecule has 66 heavy (non-hydrogen) atoms. The number of carbonyl (C=O) groups is 2. The molecule has 0 aromatic rings. The molecule has 382 valence electrons. The number of carbonyl (C=O) groups excluding carboxylic acids is 2. The van der Waals surface area contributed by atoms with Crippen LogP contribution in [-0.2, 0) is 23.8 Å². The highest BCUT2D eigenvalue weighted by Gasteiger charge is 2.17. The van der Waals surface area contributed by atoms with Crippen LogP contribution < -0.4 is 0 Å². The Morgan fingerprint density at radius 1 is 0.348 bits per heavy atom. The zero-order chi connectivity index (χ0) is 47.7. The van der Waals surface area contributed by atoms with Crippen LogP contribution in [0.25, 0.3) is 0 Å². The quantitative estimate of drug-likeness (QED) is 0.0346. The van der Waals surface area contributed by atoms with Gasteiger partial charge in [0, 0.05) is 19.4 Å². The van der Waals surface area contributed by atoms with Crippen LogP contribution >= 0.6 is 0 Å². The zero-order valence-corrected chi connectivity index (χ0v) is 44.0. The lowest BCUT2D eigenvalue weighted by atomic mass is 10.1. The Kier molecular flexibility index (Phi) is 54.4. The average Bonchev–Trinajstić information content (AvgIpc) is 3.32. The second-order valence-electron chi connectivity index (χ2n) is 18.8. The first-order chi connectivity index (χ1) is 32.6. The van der Waals surface area contributed by atoms with Crippen LogP contribution in [0, 0.1) is 0 Å². The Hall–Kier alpha value is -2.66. The summed E-state index contributed by atoms with van der Waals surface area (Å²) in [5.41, 5.74) is 0. The highest BCUT2D eigenvalue weighted by atomic mass is 16.6. The molecule has 1 atom stereocenters. The molecule has 0 saturated heterocycles. The molecule has 0 spiro atoms. The largest absolute Gasteiger partial charge is 0.462 e. The van der Waals surface area contributed by atoms with E-state index in [2.05, 4.69) is 93.7 Å². The third-order valence-electron chi connectivity index (χ3n) is 12.2. The lowest BCUT2D eigenvalue weighted by Gasteiger charge is -2.18. The maximum Gasteiger partial charge on any atom is 0.306 e. The molecule has 0 bridgehead atoms. The van der Waals surface area contributed by atoms with Gasteiger partial charge in [0.05, 0.1) is 6.61 Å². The van der Waals surface area contributed by atoms with Crippen molar-refractivity contribution in [3.05, 3.63) is 72.9 Å². The molecule has 0 heterocycles. The van der Waals surface area contributed by atoms with E-state index in [1.165, 1.54) is 161 Å². The van der Waals surface area contributed by atoms with Gasteiger partial charge in [-0.2, -0.15) is 0 Å². The number of unbranched alkanes of at least 4 members (excludes halogenated alkanes) is 29. The molecule has 0 aliphatic heterocycles. The molecule has 0 radical (unpaired) electrons. The fourth-order valence-corrected chi connectivity index (χ4v) is 7.96. The summed E-state index contributed by atoms with van der Waals surface area (Å²) in [6.45, 7) is 7.68. The number of rotatable bonds is 52. The summed E-state index contributed by atoms with van der Waals surface area (Å²) < 4.78 is 17.5. The first kappa shape index (κ1) is 63.3. The number of allylic oxidation sites excluding steroid dienone is 12. The van der Waals surface area contributed by atoms with Crippen molar-refractivity contribution in [2.45, 2.75) is 284 Å². The van der Waals surface area contributed by atoms with E-state index < -0.39 is 6.10 Å². The minimum absolute atomic E-state index is 0.0718. The molecule has 0 amide bonds. The highest BCUT2D eigenvalue weighted by Crippen LogP contribution is 2.15. The molecule has 5 nitrogen and oxygen atoms in total. The van der Waals surface area contributed by atoms with Crippen LogP contribution in [0.2, 0.25) is 0 Å². The van der Waals surface area contributed by atoms with Gasteiger partial charge in [-0.3, -0.25) is 9.59 Å². The van der Waals surface area contributed by atoms with Gasteiger partial charge in [0.2, 0.25) is 0 Å². The molecule has 0 rings (SSSR count). The fourth-order valence-electron chi connectivity index (χ4n) is 7.96. The van der Waals surface area contributed by atoms with Gasteiger partial charge in [0.25, 0.3) is 0 Å². The first-order valence-corrected chi connectivity index (χ1v) is 28.5.